The Morgan fingerprint density at radius 3 is 2.38 bits per heavy atom. The number of nitrogens with one attached hydrogen (secondary N) is 1. The average molecular weight is 418 g/mol. The van der Waals surface area contributed by atoms with Gasteiger partial charge in [-0.15, -0.1) is 0 Å². The van der Waals surface area contributed by atoms with Gasteiger partial charge in [0.2, 0.25) is 0 Å². The molecule has 3 rings (SSSR count). The predicted molar refractivity (Wildman–Crippen MR) is 116 cm³/mol. The third kappa shape index (κ3) is 4.14. The summed E-state index contributed by atoms with van der Waals surface area (Å²) in [4.78, 5) is 0.243. The van der Waals surface area contributed by atoms with Gasteiger partial charge in [-0.25, -0.2) is 8.42 Å². The maximum Gasteiger partial charge on any atom is 0.184 e. The van der Waals surface area contributed by atoms with Gasteiger partial charge in [0.05, 0.1) is 26.0 Å². The molecule has 29 heavy (non-hydrogen) atoms. The fraction of sp³-hybridized carbons (Fsp3) is 0.478. The number of sulfone groups is 1. The number of hydrogen-bond donors (Lipinski definition) is 1. The first-order chi connectivity index (χ1) is 13.9. The summed E-state index contributed by atoms with van der Waals surface area (Å²) in [6.07, 6.45) is 3.51. The molecule has 0 radical (unpaired) electrons. The molecule has 1 aliphatic rings. The van der Waals surface area contributed by atoms with Crippen molar-refractivity contribution in [3.05, 3.63) is 53.6 Å². The number of ether oxygens (including phenoxy) is 2. The van der Waals surface area contributed by atoms with Gasteiger partial charge >= 0.3 is 0 Å². The zero-order valence-corrected chi connectivity index (χ0v) is 18.5. The Morgan fingerprint density at radius 2 is 1.79 bits per heavy atom. The second-order valence-corrected chi connectivity index (χ2v) is 9.63. The normalized spacial score (nSPS) is 23.1. The minimum Gasteiger partial charge on any atom is -0.493 e. The van der Waals surface area contributed by atoms with Crippen LogP contribution in [0.25, 0.3) is 0 Å². The van der Waals surface area contributed by atoms with Crippen molar-refractivity contribution in [2.45, 2.75) is 56.0 Å². The van der Waals surface area contributed by atoms with Gasteiger partial charge in [0.25, 0.3) is 0 Å². The number of methoxy groups -OCH3 is 2. The molecule has 2 atom stereocenters. The molecule has 0 bridgehead atoms. The molecule has 6 heteroatoms. The van der Waals surface area contributed by atoms with Crippen LogP contribution in [0, 0.1) is 0 Å². The molecule has 2 aromatic rings. The highest BCUT2D eigenvalue weighted by molar-refractivity contribution is 7.91. The van der Waals surface area contributed by atoms with Gasteiger partial charge in [-0.2, -0.15) is 0 Å². The van der Waals surface area contributed by atoms with Gasteiger partial charge in [0.1, 0.15) is 4.90 Å². The van der Waals surface area contributed by atoms with Crippen LogP contribution in [0.4, 0.5) is 0 Å². The molecule has 0 spiro atoms. The first kappa shape index (κ1) is 21.7. The molecule has 0 aromatic heterocycles. The van der Waals surface area contributed by atoms with Crippen LogP contribution in [0.1, 0.15) is 56.7 Å². The number of benzene rings is 2. The van der Waals surface area contributed by atoms with E-state index in [-0.39, 0.29) is 22.4 Å². The van der Waals surface area contributed by atoms with Crippen molar-refractivity contribution < 1.29 is 17.9 Å². The van der Waals surface area contributed by atoms with E-state index in [9.17, 15) is 8.42 Å². The molecule has 2 aromatic carbocycles. The summed E-state index contributed by atoms with van der Waals surface area (Å²) in [7, 11) is -0.593. The Kier molecular flexibility index (Phi) is 6.54. The van der Waals surface area contributed by atoms with Crippen molar-refractivity contribution in [1.29, 1.82) is 0 Å². The highest BCUT2D eigenvalue weighted by atomic mass is 32.2. The molecule has 158 valence electrons. The zero-order valence-electron chi connectivity index (χ0n) is 17.7. The maximum atomic E-state index is 13.7. The van der Waals surface area contributed by atoms with Crippen LogP contribution >= 0.6 is 0 Å². The van der Waals surface area contributed by atoms with Crippen LogP contribution in [0.2, 0.25) is 0 Å². The van der Waals surface area contributed by atoms with Crippen molar-refractivity contribution in [3.8, 4) is 11.5 Å². The highest BCUT2D eigenvalue weighted by Gasteiger charge is 2.43. The van der Waals surface area contributed by atoms with Crippen molar-refractivity contribution in [2.24, 2.45) is 0 Å². The Hall–Kier alpha value is -2.05. The first-order valence-corrected chi connectivity index (χ1v) is 11.9. The molecule has 1 heterocycles. The number of unbranched alkanes of at least 4 members (excludes halogenated alkanes) is 1. The van der Waals surface area contributed by atoms with Gasteiger partial charge < -0.3 is 9.47 Å². The summed E-state index contributed by atoms with van der Waals surface area (Å²) in [6.45, 7) is 4.19. The molecule has 5 nitrogen and oxygen atoms in total. The SMILES string of the molecule is CCCCC1(CC)CS(=O)(=O)c2c(ccc(OC)c2OC)C(c2ccccc2)N1. The quantitative estimate of drug-likeness (QED) is 0.718. The van der Waals surface area contributed by atoms with Crippen LogP contribution in [0.3, 0.4) is 0 Å². The molecule has 0 fully saturated rings. The van der Waals surface area contributed by atoms with Crippen molar-refractivity contribution in [2.75, 3.05) is 20.0 Å². The van der Waals surface area contributed by atoms with Gasteiger partial charge in [-0.3, -0.25) is 5.32 Å². The Balaban J connectivity index is 2.30. The molecule has 0 aliphatic carbocycles. The van der Waals surface area contributed by atoms with E-state index in [2.05, 4.69) is 19.2 Å². The largest absolute Gasteiger partial charge is 0.493 e. The third-order valence-corrected chi connectivity index (χ3v) is 7.86. The van der Waals surface area contributed by atoms with E-state index in [1.165, 1.54) is 14.2 Å². The van der Waals surface area contributed by atoms with Gasteiger partial charge in [0, 0.05) is 5.54 Å². The van der Waals surface area contributed by atoms with E-state index in [4.69, 9.17) is 9.47 Å². The number of rotatable bonds is 7. The lowest BCUT2D eigenvalue weighted by Gasteiger charge is -2.35. The van der Waals surface area contributed by atoms with E-state index in [1.807, 2.05) is 36.4 Å². The third-order valence-electron chi connectivity index (χ3n) is 5.89. The highest BCUT2D eigenvalue weighted by Crippen LogP contribution is 2.45. The molecule has 0 amide bonds. The molecule has 2 unspecified atom stereocenters. The minimum atomic E-state index is -3.61. The van der Waals surface area contributed by atoms with Gasteiger partial charge in [-0.05, 0) is 30.0 Å². The lowest BCUT2D eigenvalue weighted by atomic mass is 9.88. The molecular formula is C23H31NO4S. The van der Waals surface area contributed by atoms with Crippen molar-refractivity contribution in [1.82, 2.24) is 5.32 Å². The zero-order chi connectivity index (χ0) is 21.1. The lowest BCUT2D eigenvalue weighted by Crippen LogP contribution is -2.50. The summed E-state index contributed by atoms with van der Waals surface area (Å²) in [5, 5.41) is 3.76. The Labute approximate surface area is 174 Å². The Morgan fingerprint density at radius 1 is 1.07 bits per heavy atom. The molecular weight excluding hydrogens is 386 g/mol. The summed E-state index contributed by atoms with van der Waals surface area (Å²) in [5.74, 6) is 0.755. The summed E-state index contributed by atoms with van der Waals surface area (Å²) in [5.41, 5.74) is 1.24. The van der Waals surface area contributed by atoms with Gasteiger partial charge in [-0.1, -0.05) is 63.1 Å². The van der Waals surface area contributed by atoms with Crippen LogP contribution in [-0.4, -0.2) is 33.9 Å². The van der Waals surface area contributed by atoms with Crippen molar-refractivity contribution >= 4 is 9.84 Å². The second kappa shape index (κ2) is 8.76. The molecule has 0 saturated carbocycles. The lowest BCUT2D eigenvalue weighted by molar-refractivity contribution is 0.294. The molecule has 1 N–H and O–H groups in total. The Bertz CT molecular complexity index is 943. The van der Waals surface area contributed by atoms with Crippen LogP contribution in [-0.2, 0) is 9.84 Å². The fourth-order valence-electron chi connectivity index (χ4n) is 4.27. The maximum absolute atomic E-state index is 13.7. The van der Waals surface area contributed by atoms with E-state index in [0.29, 0.717) is 11.3 Å². The topological polar surface area (TPSA) is 64.6 Å². The second-order valence-electron chi connectivity index (χ2n) is 7.70. The molecule has 0 saturated heterocycles. The minimum absolute atomic E-state index is 0.0381. The standard InChI is InChI=1S/C23H31NO4S/c1-5-7-15-23(6-2)16-29(25,26)22-18(13-14-19(27-3)21(22)28-4)20(24-23)17-11-9-8-10-12-17/h8-14,20,24H,5-7,15-16H2,1-4H3. The van der Waals surface area contributed by atoms with Gasteiger partial charge in [0.15, 0.2) is 21.3 Å². The fourth-order valence-corrected chi connectivity index (χ4v) is 6.59. The molecule has 1 aliphatic heterocycles. The van der Waals surface area contributed by atoms with Crippen molar-refractivity contribution in [3.63, 3.8) is 0 Å². The first-order valence-electron chi connectivity index (χ1n) is 10.2. The van der Waals surface area contributed by atoms with Crippen LogP contribution in [0.5, 0.6) is 11.5 Å². The number of fused-ring (bicyclic) bond motifs is 1. The summed E-state index contributed by atoms with van der Waals surface area (Å²) >= 11 is 0. The summed E-state index contributed by atoms with van der Waals surface area (Å²) in [6, 6.07) is 13.4. The van der Waals surface area contributed by atoms with E-state index in [1.54, 1.807) is 6.07 Å². The van der Waals surface area contributed by atoms with Crippen LogP contribution in [0.15, 0.2) is 47.4 Å². The van der Waals surface area contributed by atoms with Crippen LogP contribution < -0.4 is 14.8 Å². The van der Waals surface area contributed by atoms with E-state index in [0.717, 1.165) is 31.2 Å². The van der Waals surface area contributed by atoms with E-state index >= 15 is 0 Å². The summed E-state index contributed by atoms with van der Waals surface area (Å²) < 4.78 is 38.3. The predicted octanol–water partition coefficient (Wildman–Crippen LogP) is 4.51. The monoisotopic (exact) mass is 417 g/mol. The number of hydrogen-bond acceptors (Lipinski definition) is 5. The smallest absolute Gasteiger partial charge is 0.184 e. The van der Waals surface area contributed by atoms with E-state index < -0.39 is 15.4 Å². The average Bonchev–Trinajstić information content (AvgIpc) is 2.84.